The number of fused-ring (bicyclic) bond motifs is 1. The summed E-state index contributed by atoms with van der Waals surface area (Å²) in [4.78, 5) is 13.5. The lowest BCUT2D eigenvalue weighted by molar-refractivity contribution is -0.124. The quantitative estimate of drug-likeness (QED) is 0.372. The van der Waals surface area contributed by atoms with E-state index in [9.17, 15) is 10.1 Å². The molecule has 3 aromatic carbocycles. The van der Waals surface area contributed by atoms with Gasteiger partial charge in [0.1, 0.15) is 18.2 Å². The van der Waals surface area contributed by atoms with Gasteiger partial charge in [0, 0.05) is 14.1 Å². The second-order valence-corrected chi connectivity index (χ2v) is 7.68. The van der Waals surface area contributed by atoms with Gasteiger partial charge in [0.05, 0.1) is 11.6 Å². The molecule has 0 aromatic heterocycles. The minimum Gasteiger partial charge on any atom is -0.493 e. The molecule has 3 aromatic rings. The van der Waals surface area contributed by atoms with Crippen LogP contribution in [0.25, 0.3) is 16.8 Å². The molecule has 0 spiro atoms. The highest BCUT2D eigenvalue weighted by Crippen LogP contribution is 2.38. The number of ether oxygens (including phenoxy) is 2. The minimum absolute atomic E-state index is 0.0402. The fourth-order valence-corrected chi connectivity index (χ4v) is 3.66. The molecule has 0 N–H and O–H groups in total. The Labute approximate surface area is 184 Å². The molecule has 0 unspecified atom stereocenters. The van der Waals surface area contributed by atoms with Crippen molar-refractivity contribution in [2.24, 2.45) is 0 Å². The van der Waals surface area contributed by atoms with Crippen molar-refractivity contribution in [1.82, 2.24) is 4.90 Å². The monoisotopic (exact) mass is 464 g/mol. The molecule has 0 radical (unpaired) electrons. The predicted octanol–water partition coefficient (Wildman–Crippen LogP) is 5.19. The molecule has 5 nitrogen and oxygen atoms in total. The number of methoxy groups -OCH3 is 1. The van der Waals surface area contributed by atoms with Crippen molar-refractivity contribution in [1.29, 1.82) is 5.26 Å². The first-order valence-electron chi connectivity index (χ1n) is 9.25. The summed E-state index contributed by atoms with van der Waals surface area (Å²) in [5.41, 5.74) is 1.76. The van der Waals surface area contributed by atoms with E-state index in [0.717, 1.165) is 16.3 Å². The summed E-state index contributed by atoms with van der Waals surface area (Å²) < 4.78 is 12.3. The maximum absolute atomic E-state index is 12.1. The van der Waals surface area contributed by atoms with E-state index in [1.165, 1.54) is 11.0 Å². The van der Waals surface area contributed by atoms with Crippen molar-refractivity contribution >= 4 is 38.7 Å². The van der Waals surface area contributed by atoms with Crippen molar-refractivity contribution in [3.63, 3.8) is 0 Å². The van der Waals surface area contributed by atoms with Gasteiger partial charge in [0.25, 0.3) is 5.91 Å². The number of nitrogens with zero attached hydrogens (tertiary/aromatic N) is 2. The van der Waals surface area contributed by atoms with E-state index in [1.54, 1.807) is 33.3 Å². The van der Waals surface area contributed by atoms with Crippen LogP contribution in [-0.2, 0) is 11.4 Å². The van der Waals surface area contributed by atoms with Crippen LogP contribution in [0.2, 0.25) is 0 Å². The van der Waals surface area contributed by atoms with Gasteiger partial charge in [-0.15, -0.1) is 0 Å². The van der Waals surface area contributed by atoms with Crippen molar-refractivity contribution in [3.8, 4) is 17.6 Å². The number of amides is 1. The lowest BCUT2D eigenvalue weighted by Gasteiger charge is -2.15. The summed E-state index contributed by atoms with van der Waals surface area (Å²) in [6.45, 7) is 0.369. The summed E-state index contributed by atoms with van der Waals surface area (Å²) in [6, 6.07) is 19.7. The number of carbonyl (C=O) groups excluding carboxylic acids is 1. The summed E-state index contributed by atoms with van der Waals surface area (Å²) in [7, 11) is 4.76. The zero-order valence-corrected chi connectivity index (χ0v) is 18.6. The first-order valence-corrected chi connectivity index (χ1v) is 10.0. The molecule has 0 bridgehead atoms. The number of likely N-dealkylation sites (N-methyl/N-ethyl adjacent to an activating group) is 1. The van der Waals surface area contributed by atoms with Crippen LogP contribution in [0.1, 0.15) is 11.1 Å². The topological polar surface area (TPSA) is 62.6 Å². The zero-order chi connectivity index (χ0) is 21.7. The molecule has 0 aliphatic carbocycles. The van der Waals surface area contributed by atoms with Gasteiger partial charge in [-0.05, 0) is 56.0 Å². The van der Waals surface area contributed by atoms with Crippen LogP contribution in [0.15, 0.2) is 64.6 Å². The summed E-state index contributed by atoms with van der Waals surface area (Å²) in [5, 5.41) is 11.6. The van der Waals surface area contributed by atoms with E-state index >= 15 is 0 Å². The Hall–Kier alpha value is -3.30. The van der Waals surface area contributed by atoms with Crippen LogP contribution < -0.4 is 9.47 Å². The third-order valence-corrected chi connectivity index (χ3v) is 5.16. The molecule has 1 amide bonds. The van der Waals surface area contributed by atoms with Crippen LogP contribution in [0.3, 0.4) is 0 Å². The maximum atomic E-state index is 12.1. The Bertz CT molecular complexity index is 1160. The number of carbonyl (C=O) groups is 1. The molecule has 0 saturated heterocycles. The summed E-state index contributed by atoms with van der Waals surface area (Å²) in [6.07, 6.45) is 1.53. The number of benzene rings is 3. The average Bonchev–Trinajstić information content (AvgIpc) is 2.75. The largest absolute Gasteiger partial charge is 0.493 e. The fourth-order valence-electron chi connectivity index (χ4n) is 3.08. The normalized spacial score (nSPS) is 11.1. The lowest BCUT2D eigenvalue weighted by atomic mass is 10.1. The van der Waals surface area contributed by atoms with Gasteiger partial charge in [-0.3, -0.25) is 4.79 Å². The van der Waals surface area contributed by atoms with Crippen molar-refractivity contribution in [3.05, 3.63) is 75.8 Å². The number of rotatable bonds is 6. The fraction of sp³-hybridized carbons (Fsp3) is 0.167. The van der Waals surface area contributed by atoms with Crippen LogP contribution in [-0.4, -0.2) is 32.0 Å². The van der Waals surface area contributed by atoms with E-state index in [4.69, 9.17) is 9.47 Å². The SMILES string of the molecule is COc1cc(/C=C(\C#N)C(=O)N(C)C)cc(Br)c1OCc1cccc2ccccc12. The van der Waals surface area contributed by atoms with Crippen molar-refractivity contribution < 1.29 is 14.3 Å². The van der Waals surface area contributed by atoms with E-state index in [0.29, 0.717) is 28.1 Å². The molecule has 0 heterocycles. The molecule has 0 aliphatic heterocycles. The molecule has 6 heteroatoms. The Kier molecular flexibility index (Phi) is 6.76. The van der Waals surface area contributed by atoms with Crippen LogP contribution in [0.4, 0.5) is 0 Å². The van der Waals surface area contributed by atoms with E-state index in [-0.39, 0.29) is 11.5 Å². The lowest BCUT2D eigenvalue weighted by Crippen LogP contribution is -2.22. The van der Waals surface area contributed by atoms with Gasteiger partial charge >= 0.3 is 0 Å². The first-order chi connectivity index (χ1) is 14.4. The minimum atomic E-state index is -0.358. The van der Waals surface area contributed by atoms with Gasteiger partial charge < -0.3 is 14.4 Å². The molecule has 152 valence electrons. The van der Waals surface area contributed by atoms with E-state index in [2.05, 4.69) is 34.1 Å². The molecule has 0 saturated carbocycles. The first kappa shape index (κ1) is 21.4. The Morgan fingerprint density at radius 3 is 2.60 bits per heavy atom. The number of hydrogen-bond donors (Lipinski definition) is 0. The maximum Gasteiger partial charge on any atom is 0.264 e. The molecular formula is C24H21BrN2O3. The molecule has 30 heavy (non-hydrogen) atoms. The van der Waals surface area contributed by atoms with Crippen molar-refractivity contribution in [2.45, 2.75) is 6.61 Å². The Morgan fingerprint density at radius 1 is 1.17 bits per heavy atom. The van der Waals surface area contributed by atoms with Gasteiger partial charge in [0.15, 0.2) is 11.5 Å². The van der Waals surface area contributed by atoms with Gasteiger partial charge in [0.2, 0.25) is 0 Å². The van der Waals surface area contributed by atoms with Crippen LogP contribution >= 0.6 is 15.9 Å². The van der Waals surface area contributed by atoms with Gasteiger partial charge in [-0.2, -0.15) is 5.26 Å². The third-order valence-electron chi connectivity index (χ3n) is 4.57. The smallest absolute Gasteiger partial charge is 0.264 e. The van der Waals surface area contributed by atoms with Gasteiger partial charge in [-0.1, -0.05) is 42.5 Å². The highest BCUT2D eigenvalue weighted by molar-refractivity contribution is 9.10. The zero-order valence-electron chi connectivity index (χ0n) is 17.0. The molecular weight excluding hydrogens is 444 g/mol. The van der Waals surface area contributed by atoms with Crippen molar-refractivity contribution in [2.75, 3.05) is 21.2 Å². The Balaban J connectivity index is 1.91. The second kappa shape index (κ2) is 9.47. The van der Waals surface area contributed by atoms with E-state index < -0.39 is 0 Å². The van der Waals surface area contributed by atoms with Gasteiger partial charge in [-0.25, -0.2) is 0 Å². The number of hydrogen-bond acceptors (Lipinski definition) is 4. The van der Waals surface area contributed by atoms with Crippen LogP contribution in [0.5, 0.6) is 11.5 Å². The summed E-state index contributed by atoms with van der Waals surface area (Å²) in [5.74, 6) is 0.703. The number of halogens is 1. The van der Waals surface area contributed by atoms with E-state index in [1.807, 2.05) is 30.3 Å². The Morgan fingerprint density at radius 2 is 1.90 bits per heavy atom. The highest BCUT2D eigenvalue weighted by Gasteiger charge is 2.15. The second-order valence-electron chi connectivity index (χ2n) is 6.83. The molecule has 0 aliphatic rings. The standard InChI is InChI=1S/C24H21BrN2O3/c1-27(2)24(28)19(14-26)11-16-12-21(25)23(22(13-16)29-3)30-15-18-9-6-8-17-7-4-5-10-20(17)18/h4-13H,15H2,1-3H3/b19-11+. The average molecular weight is 465 g/mol. The highest BCUT2D eigenvalue weighted by atomic mass is 79.9. The predicted molar refractivity (Wildman–Crippen MR) is 121 cm³/mol. The summed E-state index contributed by atoms with van der Waals surface area (Å²) >= 11 is 3.53. The third kappa shape index (κ3) is 4.64. The number of nitriles is 1. The molecule has 3 rings (SSSR count). The van der Waals surface area contributed by atoms with Crippen LogP contribution in [0, 0.1) is 11.3 Å². The molecule has 0 fully saturated rings. The molecule has 0 atom stereocenters.